The van der Waals surface area contributed by atoms with E-state index < -0.39 is 0 Å². The molecule has 3 rings (SSSR count). The molecule has 0 saturated carbocycles. The van der Waals surface area contributed by atoms with E-state index in [2.05, 4.69) is 10.6 Å². The number of carbonyl (C=O) groups excluding carboxylic acids is 1. The van der Waals surface area contributed by atoms with Gasteiger partial charge in [-0.05, 0) is 53.3 Å². The molecule has 3 aromatic rings. The fourth-order valence-corrected chi connectivity index (χ4v) is 2.99. The SMILES string of the molecule is O=C(COc1ccc2ccccc2c1)NC(=S)Nc1ccc(Cl)cc1Cl. The van der Waals surface area contributed by atoms with Gasteiger partial charge in [0.2, 0.25) is 0 Å². The molecule has 0 aromatic heterocycles. The van der Waals surface area contributed by atoms with Gasteiger partial charge in [0.1, 0.15) is 5.75 Å². The fraction of sp³-hybridized carbons (Fsp3) is 0.0526. The Hall–Kier alpha value is -2.34. The first-order valence-corrected chi connectivity index (χ1v) is 8.85. The van der Waals surface area contributed by atoms with Crippen LogP contribution in [-0.2, 0) is 4.79 Å². The van der Waals surface area contributed by atoms with Gasteiger partial charge < -0.3 is 10.1 Å². The maximum absolute atomic E-state index is 12.0. The fourth-order valence-electron chi connectivity index (χ4n) is 2.31. The molecule has 0 unspecified atom stereocenters. The Morgan fingerprint density at radius 3 is 2.54 bits per heavy atom. The minimum absolute atomic E-state index is 0.126. The summed E-state index contributed by atoms with van der Waals surface area (Å²) in [5.74, 6) is 0.235. The van der Waals surface area contributed by atoms with Gasteiger partial charge in [-0.15, -0.1) is 0 Å². The third-order valence-corrected chi connectivity index (χ3v) is 4.28. The van der Waals surface area contributed by atoms with Gasteiger partial charge in [-0.3, -0.25) is 10.1 Å². The summed E-state index contributed by atoms with van der Waals surface area (Å²) >= 11 is 17.0. The smallest absolute Gasteiger partial charge is 0.264 e. The number of hydrogen-bond acceptors (Lipinski definition) is 3. The monoisotopic (exact) mass is 404 g/mol. The molecule has 4 nitrogen and oxygen atoms in total. The minimum atomic E-state index is -0.374. The summed E-state index contributed by atoms with van der Waals surface area (Å²) in [5, 5.41) is 8.58. The summed E-state index contributed by atoms with van der Waals surface area (Å²) < 4.78 is 5.52. The van der Waals surface area contributed by atoms with Gasteiger partial charge in [0.25, 0.3) is 5.91 Å². The van der Waals surface area contributed by atoms with E-state index in [0.29, 0.717) is 21.5 Å². The first-order valence-electron chi connectivity index (χ1n) is 7.69. The maximum atomic E-state index is 12.0. The molecular formula is C19H14Cl2N2O2S. The molecule has 2 N–H and O–H groups in total. The number of amides is 1. The molecular weight excluding hydrogens is 391 g/mol. The van der Waals surface area contributed by atoms with Crippen LogP contribution in [0.25, 0.3) is 10.8 Å². The van der Waals surface area contributed by atoms with Gasteiger partial charge in [-0.1, -0.05) is 53.5 Å². The molecule has 0 atom stereocenters. The van der Waals surface area contributed by atoms with E-state index in [1.165, 1.54) is 0 Å². The summed E-state index contributed by atoms with van der Waals surface area (Å²) in [5.41, 5.74) is 0.553. The van der Waals surface area contributed by atoms with Gasteiger partial charge >= 0.3 is 0 Å². The molecule has 1 amide bonds. The normalized spacial score (nSPS) is 10.4. The molecule has 0 aliphatic rings. The Labute approximate surface area is 166 Å². The number of halogens is 2. The molecule has 0 saturated heterocycles. The lowest BCUT2D eigenvalue weighted by molar-refractivity contribution is -0.121. The molecule has 26 heavy (non-hydrogen) atoms. The zero-order chi connectivity index (χ0) is 18.5. The van der Waals surface area contributed by atoms with Gasteiger partial charge in [-0.2, -0.15) is 0 Å². The van der Waals surface area contributed by atoms with Crippen molar-refractivity contribution in [2.24, 2.45) is 0 Å². The number of ether oxygens (including phenoxy) is 1. The van der Waals surface area contributed by atoms with Gasteiger partial charge in [-0.25, -0.2) is 0 Å². The minimum Gasteiger partial charge on any atom is -0.484 e. The lowest BCUT2D eigenvalue weighted by atomic mass is 10.1. The van der Waals surface area contributed by atoms with E-state index in [-0.39, 0.29) is 17.6 Å². The van der Waals surface area contributed by atoms with Crippen molar-refractivity contribution in [3.63, 3.8) is 0 Å². The van der Waals surface area contributed by atoms with Crippen LogP contribution in [0.1, 0.15) is 0 Å². The third kappa shape index (κ3) is 4.85. The van der Waals surface area contributed by atoms with E-state index in [9.17, 15) is 4.79 Å². The van der Waals surface area contributed by atoms with Crippen LogP contribution in [0.4, 0.5) is 5.69 Å². The second kappa shape index (κ2) is 8.36. The van der Waals surface area contributed by atoms with E-state index in [1.54, 1.807) is 18.2 Å². The van der Waals surface area contributed by atoms with E-state index in [4.69, 9.17) is 40.2 Å². The van der Waals surface area contributed by atoms with Crippen LogP contribution >= 0.6 is 35.4 Å². The summed E-state index contributed by atoms with van der Waals surface area (Å²) in [7, 11) is 0. The van der Waals surface area contributed by atoms with E-state index in [0.717, 1.165) is 10.8 Å². The largest absolute Gasteiger partial charge is 0.484 e. The van der Waals surface area contributed by atoms with Crippen molar-refractivity contribution in [1.82, 2.24) is 5.32 Å². The van der Waals surface area contributed by atoms with Crippen LogP contribution in [0.3, 0.4) is 0 Å². The molecule has 0 radical (unpaired) electrons. The second-order valence-corrected chi connectivity index (χ2v) is 6.68. The van der Waals surface area contributed by atoms with E-state index in [1.807, 2.05) is 42.5 Å². The molecule has 3 aromatic carbocycles. The average molecular weight is 405 g/mol. The highest BCUT2D eigenvalue weighted by Crippen LogP contribution is 2.25. The first kappa shape index (κ1) is 18.5. The van der Waals surface area contributed by atoms with Crippen molar-refractivity contribution in [3.8, 4) is 5.75 Å². The van der Waals surface area contributed by atoms with Crippen LogP contribution in [0.5, 0.6) is 5.75 Å². The first-order chi connectivity index (χ1) is 12.5. The van der Waals surface area contributed by atoms with Gasteiger partial charge in [0, 0.05) is 5.02 Å². The third-order valence-electron chi connectivity index (χ3n) is 3.52. The zero-order valence-corrected chi connectivity index (χ0v) is 15.8. The maximum Gasteiger partial charge on any atom is 0.264 e. The Morgan fingerprint density at radius 1 is 1.00 bits per heavy atom. The summed E-state index contributed by atoms with van der Waals surface area (Å²) in [4.78, 5) is 12.0. The topological polar surface area (TPSA) is 50.4 Å². The number of fused-ring (bicyclic) bond motifs is 1. The predicted octanol–water partition coefficient (Wildman–Crippen LogP) is 5.04. The molecule has 0 heterocycles. The summed E-state index contributed by atoms with van der Waals surface area (Å²) in [6.07, 6.45) is 0. The van der Waals surface area contributed by atoms with Crippen molar-refractivity contribution in [2.75, 3.05) is 11.9 Å². The van der Waals surface area contributed by atoms with Crippen LogP contribution in [0.2, 0.25) is 10.0 Å². The van der Waals surface area contributed by atoms with Crippen LogP contribution in [0.15, 0.2) is 60.7 Å². The molecule has 0 aliphatic heterocycles. The number of hydrogen-bond donors (Lipinski definition) is 2. The Bertz CT molecular complexity index is 979. The lowest BCUT2D eigenvalue weighted by Gasteiger charge is -2.12. The highest BCUT2D eigenvalue weighted by atomic mass is 35.5. The Morgan fingerprint density at radius 2 is 1.77 bits per heavy atom. The number of nitrogens with one attached hydrogen (secondary N) is 2. The highest BCUT2D eigenvalue weighted by Gasteiger charge is 2.08. The Kier molecular flexibility index (Phi) is 5.93. The molecule has 7 heteroatoms. The van der Waals surface area contributed by atoms with Crippen LogP contribution in [-0.4, -0.2) is 17.6 Å². The number of rotatable bonds is 4. The number of benzene rings is 3. The molecule has 0 spiro atoms. The molecule has 132 valence electrons. The number of thiocarbonyl (C=S) groups is 1. The van der Waals surface area contributed by atoms with Crippen molar-refractivity contribution >= 4 is 62.9 Å². The zero-order valence-electron chi connectivity index (χ0n) is 13.5. The molecule has 0 fully saturated rings. The summed E-state index contributed by atoms with van der Waals surface area (Å²) in [6, 6.07) is 18.5. The lowest BCUT2D eigenvalue weighted by Crippen LogP contribution is -2.37. The van der Waals surface area contributed by atoms with E-state index >= 15 is 0 Å². The van der Waals surface area contributed by atoms with Crippen molar-refractivity contribution < 1.29 is 9.53 Å². The standard InChI is InChI=1S/C19H14Cl2N2O2S/c20-14-6-8-17(16(21)10-14)22-19(26)23-18(24)11-25-15-7-5-12-3-1-2-4-13(12)9-15/h1-10H,11H2,(H2,22,23,24,26). The van der Waals surface area contributed by atoms with Crippen LogP contribution < -0.4 is 15.4 Å². The number of anilines is 1. The van der Waals surface area contributed by atoms with Gasteiger partial charge in [0.15, 0.2) is 11.7 Å². The quantitative estimate of drug-likeness (QED) is 0.598. The van der Waals surface area contributed by atoms with Crippen molar-refractivity contribution in [1.29, 1.82) is 0 Å². The highest BCUT2D eigenvalue weighted by molar-refractivity contribution is 7.80. The van der Waals surface area contributed by atoms with Gasteiger partial charge in [0.05, 0.1) is 10.7 Å². The van der Waals surface area contributed by atoms with Crippen molar-refractivity contribution in [2.45, 2.75) is 0 Å². The molecule has 0 bridgehead atoms. The Balaban J connectivity index is 1.53. The molecule has 0 aliphatic carbocycles. The number of carbonyl (C=O) groups is 1. The van der Waals surface area contributed by atoms with Crippen LogP contribution in [0, 0.1) is 0 Å². The predicted molar refractivity (Wildman–Crippen MR) is 110 cm³/mol. The average Bonchev–Trinajstić information content (AvgIpc) is 2.62. The van der Waals surface area contributed by atoms with Crippen molar-refractivity contribution in [3.05, 3.63) is 70.7 Å². The summed E-state index contributed by atoms with van der Waals surface area (Å²) in [6.45, 7) is -0.158. The second-order valence-electron chi connectivity index (χ2n) is 5.42.